The van der Waals surface area contributed by atoms with Crippen LogP contribution in [-0.2, 0) is 4.74 Å². The molecule has 2 rings (SSSR count). The zero-order valence-electron chi connectivity index (χ0n) is 17.5. The van der Waals surface area contributed by atoms with Crippen LogP contribution in [0.15, 0.2) is 4.99 Å². The van der Waals surface area contributed by atoms with Crippen LogP contribution in [0.25, 0.3) is 0 Å². The van der Waals surface area contributed by atoms with Gasteiger partial charge in [-0.1, -0.05) is 13.8 Å². The number of methoxy groups -OCH3 is 1. The van der Waals surface area contributed by atoms with Crippen molar-refractivity contribution >= 4 is 5.96 Å². The molecule has 0 spiro atoms. The highest BCUT2D eigenvalue weighted by molar-refractivity contribution is 5.79. The van der Waals surface area contributed by atoms with Gasteiger partial charge < -0.3 is 25.2 Å². The molecule has 2 N–H and O–H groups in total. The minimum atomic E-state index is 0.556. The number of hydrogen-bond acceptors (Lipinski definition) is 4. The topological polar surface area (TPSA) is 52.1 Å². The predicted octanol–water partition coefficient (Wildman–Crippen LogP) is 1.63. The molecule has 6 nitrogen and oxygen atoms in total. The second-order valence-electron chi connectivity index (χ2n) is 8.34. The molecule has 0 saturated carbocycles. The Bertz CT molecular complexity index is 399. The van der Waals surface area contributed by atoms with Crippen molar-refractivity contribution in [1.82, 2.24) is 20.4 Å². The lowest BCUT2D eigenvalue weighted by atomic mass is 9.97. The van der Waals surface area contributed by atoms with Crippen molar-refractivity contribution in [3.63, 3.8) is 0 Å². The number of guanidine groups is 1. The smallest absolute Gasteiger partial charge is 0.191 e. The summed E-state index contributed by atoms with van der Waals surface area (Å²) in [6.45, 7) is 13.6. The van der Waals surface area contributed by atoms with E-state index in [1.165, 1.54) is 58.4 Å². The van der Waals surface area contributed by atoms with Gasteiger partial charge in [0.15, 0.2) is 5.96 Å². The van der Waals surface area contributed by atoms with Crippen molar-refractivity contribution in [2.75, 3.05) is 66.6 Å². The van der Waals surface area contributed by atoms with Crippen molar-refractivity contribution < 1.29 is 4.74 Å². The van der Waals surface area contributed by atoms with E-state index in [2.05, 4.69) is 39.3 Å². The Morgan fingerprint density at radius 1 is 1.08 bits per heavy atom. The molecule has 0 radical (unpaired) electrons. The molecule has 2 fully saturated rings. The number of likely N-dealkylation sites (tertiary alicyclic amines) is 2. The summed E-state index contributed by atoms with van der Waals surface area (Å²) in [7, 11) is 3.67. The van der Waals surface area contributed by atoms with Crippen molar-refractivity contribution in [2.24, 2.45) is 16.8 Å². The SMILES string of the molecule is CN=C(NCC1CCN(CCOC)CC1)NC1CCN(CC(C)C)CC1. The highest BCUT2D eigenvalue weighted by Gasteiger charge is 2.22. The fourth-order valence-corrected chi connectivity index (χ4v) is 4.04. The van der Waals surface area contributed by atoms with Crippen LogP contribution in [0.4, 0.5) is 0 Å². The van der Waals surface area contributed by atoms with Crippen molar-refractivity contribution in [3.05, 3.63) is 0 Å². The maximum atomic E-state index is 5.18. The maximum Gasteiger partial charge on any atom is 0.191 e. The summed E-state index contributed by atoms with van der Waals surface area (Å²) in [5, 5.41) is 7.21. The van der Waals surface area contributed by atoms with E-state index in [4.69, 9.17) is 4.74 Å². The van der Waals surface area contributed by atoms with E-state index in [1.54, 1.807) is 7.11 Å². The van der Waals surface area contributed by atoms with Crippen LogP contribution in [0, 0.1) is 11.8 Å². The van der Waals surface area contributed by atoms with E-state index in [9.17, 15) is 0 Å². The Morgan fingerprint density at radius 2 is 1.73 bits per heavy atom. The van der Waals surface area contributed by atoms with E-state index in [0.717, 1.165) is 37.5 Å². The second-order valence-corrected chi connectivity index (χ2v) is 8.34. The summed E-state index contributed by atoms with van der Waals surface area (Å²) in [6, 6.07) is 0.556. The predicted molar refractivity (Wildman–Crippen MR) is 110 cm³/mol. The summed E-state index contributed by atoms with van der Waals surface area (Å²) in [5.74, 6) is 2.49. The molecular formula is C20H41N5O. The zero-order chi connectivity index (χ0) is 18.8. The number of piperidine rings is 2. The van der Waals surface area contributed by atoms with E-state index in [0.29, 0.717) is 6.04 Å². The minimum absolute atomic E-state index is 0.556. The van der Waals surface area contributed by atoms with Crippen molar-refractivity contribution in [3.8, 4) is 0 Å². The highest BCUT2D eigenvalue weighted by Crippen LogP contribution is 2.16. The lowest BCUT2D eigenvalue weighted by Crippen LogP contribution is -2.50. The maximum absolute atomic E-state index is 5.18. The van der Waals surface area contributed by atoms with Gasteiger partial charge in [-0.25, -0.2) is 0 Å². The van der Waals surface area contributed by atoms with Crippen molar-refractivity contribution in [1.29, 1.82) is 0 Å². The Hall–Kier alpha value is -0.850. The van der Waals surface area contributed by atoms with Gasteiger partial charge in [0.2, 0.25) is 0 Å². The first-order chi connectivity index (χ1) is 12.6. The second kappa shape index (κ2) is 11.8. The van der Waals surface area contributed by atoms with E-state index < -0.39 is 0 Å². The number of aliphatic imine (C=N–C) groups is 1. The van der Waals surface area contributed by atoms with Crippen molar-refractivity contribution in [2.45, 2.75) is 45.6 Å². The van der Waals surface area contributed by atoms with Gasteiger partial charge in [0.1, 0.15) is 0 Å². The molecule has 0 aromatic carbocycles. The number of nitrogens with one attached hydrogen (secondary N) is 2. The minimum Gasteiger partial charge on any atom is -0.383 e. The first kappa shape index (κ1) is 21.5. The summed E-state index contributed by atoms with van der Waals surface area (Å²) in [6.07, 6.45) is 4.96. The molecule has 2 aliphatic heterocycles. The summed E-state index contributed by atoms with van der Waals surface area (Å²) in [5.41, 5.74) is 0. The Morgan fingerprint density at radius 3 is 2.31 bits per heavy atom. The molecule has 2 heterocycles. The number of ether oxygens (including phenoxy) is 1. The fourth-order valence-electron chi connectivity index (χ4n) is 4.04. The van der Waals surface area contributed by atoms with Gasteiger partial charge >= 0.3 is 0 Å². The molecule has 0 aromatic rings. The van der Waals surface area contributed by atoms with Gasteiger partial charge in [0.05, 0.1) is 6.61 Å². The summed E-state index contributed by atoms with van der Waals surface area (Å²) < 4.78 is 5.18. The van der Waals surface area contributed by atoms with E-state index in [-0.39, 0.29) is 0 Å². The molecule has 26 heavy (non-hydrogen) atoms. The largest absolute Gasteiger partial charge is 0.383 e. The molecule has 6 heteroatoms. The number of nitrogens with zero attached hydrogens (tertiary/aromatic N) is 3. The molecule has 0 aliphatic carbocycles. The van der Waals surface area contributed by atoms with Crippen LogP contribution in [0.3, 0.4) is 0 Å². The van der Waals surface area contributed by atoms with Crippen LogP contribution in [0.2, 0.25) is 0 Å². The highest BCUT2D eigenvalue weighted by atomic mass is 16.5. The molecule has 0 unspecified atom stereocenters. The Kier molecular flexibility index (Phi) is 9.72. The monoisotopic (exact) mass is 367 g/mol. The Labute approximate surface area is 160 Å². The molecular weight excluding hydrogens is 326 g/mol. The first-order valence-electron chi connectivity index (χ1n) is 10.5. The quantitative estimate of drug-likeness (QED) is 0.504. The van der Waals surface area contributed by atoms with Crippen LogP contribution in [0.1, 0.15) is 39.5 Å². The standard InChI is InChI=1S/C20H41N5O/c1-17(2)16-25-11-7-19(8-12-25)23-20(21-3)22-15-18-5-9-24(10-6-18)13-14-26-4/h17-19H,5-16H2,1-4H3,(H2,21,22,23). The first-order valence-corrected chi connectivity index (χ1v) is 10.5. The van der Waals surface area contributed by atoms with Crippen LogP contribution in [0.5, 0.6) is 0 Å². The number of rotatable bonds is 8. The lowest BCUT2D eigenvalue weighted by Gasteiger charge is -2.34. The lowest BCUT2D eigenvalue weighted by molar-refractivity contribution is 0.120. The van der Waals surface area contributed by atoms with Gasteiger partial charge in [-0.05, 0) is 50.6 Å². The van der Waals surface area contributed by atoms with Crippen LogP contribution < -0.4 is 10.6 Å². The molecule has 0 amide bonds. The molecule has 0 atom stereocenters. The van der Waals surface area contributed by atoms with Crippen LogP contribution in [-0.4, -0.2) is 88.4 Å². The summed E-state index contributed by atoms with van der Waals surface area (Å²) >= 11 is 0. The van der Waals surface area contributed by atoms with Gasteiger partial charge in [0, 0.05) is 52.9 Å². The molecule has 2 aliphatic rings. The summed E-state index contributed by atoms with van der Waals surface area (Å²) in [4.78, 5) is 9.55. The Balaban J connectivity index is 1.62. The van der Waals surface area contributed by atoms with Gasteiger partial charge in [-0.2, -0.15) is 0 Å². The van der Waals surface area contributed by atoms with Crippen LogP contribution >= 0.6 is 0 Å². The zero-order valence-corrected chi connectivity index (χ0v) is 17.5. The third-order valence-electron chi connectivity index (χ3n) is 5.65. The van der Waals surface area contributed by atoms with E-state index in [1.807, 2.05) is 7.05 Å². The third kappa shape index (κ3) is 7.80. The molecule has 0 aromatic heterocycles. The van der Waals surface area contributed by atoms with E-state index >= 15 is 0 Å². The normalized spacial score (nSPS) is 22.1. The average molecular weight is 368 g/mol. The van der Waals surface area contributed by atoms with Gasteiger partial charge in [-0.15, -0.1) is 0 Å². The number of hydrogen-bond donors (Lipinski definition) is 2. The van der Waals surface area contributed by atoms with Gasteiger partial charge in [0.25, 0.3) is 0 Å². The average Bonchev–Trinajstić information content (AvgIpc) is 2.65. The third-order valence-corrected chi connectivity index (χ3v) is 5.65. The van der Waals surface area contributed by atoms with Gasteiger partial charge in [-0.3, -0.25) is 4.99 Å². The molecule has 2 saturated heterocycles. The molecule has 152 valence electrons. The fraction of sp³-hybridized carbons (Fsp3) is 0.950. The molecule has 0 bridgehead atoms.